The van der Waals surface area contributed by atoms with Crippen LogP contribution in [0.3, 0.4) is 0 Å². The van der Waals surface area contributed by atoms with Crippen LogP contribution in [0.25, 0.3) is 0 Å². The third kappa shape index (κ3) is 4.10. The highest BCUT2D eigenvalue weighted by molar-refractivity contribution is 5.96. The van der Waals surface area contributed by atoms with E-state index in [-0.39, 0.29) is 24.2 Å². The number of hydrogen-bond acceptors (Lipinski definition) is 2. The molecule has 0 aliphatic carbocycles. The Morgan fingerprint density at radius 1 is 1.03 bits per heavy atom. The van der Waals surface area contributed by atoms with Crippen molar-refractivity contribution in [3.05, 3.63) is 95.1 Å². The van der Waals surface area contributed by atoms with Crippen molar-refractivity contribution < 1.29 is 14.0 Å². The van der Waals surface area contributed by atoms with Crippen molar-refractivity contribution in [2.24, 2.45) is 0 Å². The van der Waals surface area contributed by atoms with Crippen molar-refractivity contribution in [3.8, 4) is 0 Å². The molecule has 5 nitrogen and oxygen atoms in total. The van der Waals surface area contributed by atoms with Gasteiger partial charge in [0.05, 0.1) is 0 Å². The van der Waals surface area contributed by atoms with Gasteiger partial charge in [0, 0.05) is 42.7 Å². The number of halogens is 1. The number of carbonyl (C=O) groups excluding carboxylic acids is 2. The van der Waals surface area contributed by atoms with E-state index in [0.29, 0.717) is 30.8 Å². The molecule has 0 saturated heterocycles. The number of aromatic nitrogens is 1. The van der Waals surface area contributed by atoms with E-state index >= 15 is 0 Å². The van der Waals surface area contributed by atoms with Crippen LogP contribution < -0.4 is 0 Å². The maximum absolute atomic E-state index is 14.7. The predicted octanol–water partition coefficient (Wildman–Crippen LogP) is 4.03. The number of hydrogen-bond donors (Lipinski definition) is 0. The van der Waals surface area contributed by atoms with Crippen molar-refractivity contribution in [2.45, 2.75) is 26.4 Å². The topological polar surface area (TPSA) is 45.6 Å². The van der Waals surface area contributed by atoms with E-state index in [4.69, 9.17) is 0 Å². The summed E-state index contributed by atoms with van der Waals surface area (Å²) < 4.78 is 16.8. The highest BCUT2D eigenvalue weighted by Crippen LogP contribution is 2.34. The van der Waals surface area contributed by atoms with E-state index in [1.807, 2.05) is 44.3 Å². The van der Waals surface area contributed by atoms with Gasteiger partial charge in [-0.25, -0.2) is 4.39 Å². The molecule has 2 heterocycles. The monoisotopic (exact) mass is 419 g/mol. The Morgan fingerprint density at radius 2 is 1.77 bits per heavy atom. The van der Waals surface area contributed by atoms with Crippen LogP contribution in [0, 0.1) is 12.7 Å². The fraction of sp³-hybridized carbons (Fsp3) is 0.280. The molecule has 6 heteroatoms. The first-order valence-electron chi connectivity index (χ1n) is 10.5. The lowest BCUT2D eigenvalue weighted by Gasteiger charge is -2.38. The van der Waals surface area contributed by atoms with Crippen molar-refractivity contribution in [1.82, 2.24) is 14.4 Å². The van der Waals surface area contributed by atoms with Gasteiger partial charge in [-0.3, -0.25) is 9.59 Å². The summed E-state index contributed by atoms with van der Waals surface area (Å²) in [7, 11) is 0. The summed E-state index contributed by atoms with van der Waals surface area (Å²) in [4.78, 5) is 29.6. The molecule has 1 aliphatic heterocycles. The van der Waals surface area contributed by atoms with Crippen molar-refractivity contribution in [2.75, 3.05) is 19.6 Å². The summed E-state index contributed by atoms with van der Waals surface area (Å²) in [5.74, 6) is -0.718. The highest BCUT2D eigenvalue weighted by Gasteiger charge is 2.34. The minimum Gasteiger partial charge on any atom is -0.348 e. The number of amides is 2. The van der Waals surface area contributed by atoms with Crippen LogP contribution in [0.15, 0.2) is 66.9 Å². The Kier molecular flexibility index (Phi) is 5.89. The zero-order chi connectivity index (χ0) is 22.0. The van der Waals surface area contributed by atoms with E-state index in [2.05, 4.69) is 4.57 Å². The minimum absolute atomic E-state index is 0.0468. The molecular formula is C25H26FN3O2. The summed E-state index contributed by atoms with van der Waals surface area (Å²) in [6.07, 6.45) is 1.95. The van der Waals surface area contributed by atoms with E-state index in [1.54, 1.807) is 40.1 Å². The van der Waals surface area contributed by atoms with Crippen LogP contribution in [0.1, 0.15) is 40.1 Å². The fourth-order valence-electron chi connectivity index (χ4n) is 4.14. The number of aryl methyl sites for hydroxylation is 1. The molecule has 0 fully saturated rings. The molecule has 1 aliphatic rings. The first-order valence-corrected chi connectivity index (χ1v) is 10.5. The Bertz CT molecular complexity index is 1090. The second-order valence-electron chi connectivity index (χ2n) is 7.82. The number of nitrogens with zero attached hydrogens (tertiary/aromatic N) is 3. The number of rotatable bonds is 5. The molecule has 0 N–H and O–H groups in total. The molecule has 3 aromatic rings. The Morgan fingerprint density at radius 3 is 2.48 bits per heavy atom. The normalized spacial score (nSPS) is 15.5. The van der Waals surface area contributed by atoms with Crippen LogP contribution in [0.4, 0.5) is 4.39 Å². The zero-order valence-electron chi connectivity index (χ0n) is 17.8. The molecule has 1 atom stereocenters. The van der Waals surface area contributed by atoms with Gasteiger partial charge in [-0.1, -0.05) is 35.9 Å². The van der Waals surface area contributed by atoms with E-state index in [9.17, 15) is 14.0 Å². The quantitative estimate of drug-likeness (QED) is 0.627. The maximum Gasteiger partial charge on any atom is 0.254 e. The Hall–Kier alpha value is -3.41. The molecule has 2 aromatic carbocycles. The van der Waals surface area contributed by atoms with Gasteiger partial charge in [0.1, 0.15) is 18.4 Å². The molecule has 0 unspecified atom stereocenters. The molecule has 0 saturated carbocycles. The summed E-state index contributed by atoms with van der Waals surface area (Å²) in [5, 5.41) is 0. The van der Waals surface area contributed by atoms with Gasteiger partial charge in [0.15, 0.2) is 0 Å². The average molecular weight is 420 g/mol. The van der Waals surface area contributed by atoms with Crippen LogP contribution in [0.5, 0.6) is 0 Å². The van der Waals surface area contributed by atoms with Crippen molar-refractivity contribution in [3.63, 3.8) is 0 Å². The van der Waals surface area contributed by atoms with Crippen LogP contribution >= 0.6 is 0 Å². The molecule has 0 bridgehead atoms. The predicted molar refractivity (Wildman–Crippen MR) is 117 cm³/mol. The summed E-state index contributed by atoms with van der Waals surface area (Å²) >= 11 is 0. The molecule has 31 heavy (non-hydrogen) atoms. The molecule has 0 radical (unpaired) electrons. The smallest absolute Gasteiger partial charge is 0.254 e. The fourth-order valence-corrected chi connectivity index (χ4v) is 4.14. The maximum atomic E-state index is 14.7. The van der Waals surface area contributed by atoms with E-state index in [1.165, 1.54) is 6.07 Å². The lowest BCUT2D eigenvalue weighted by Crippen LogP contribution is -2.48. The molecule has 2 amide bonds. The van der Waals surface area contributed by atoms with E-state index < -0.39 is 6.04 Å². The second kappa shape index (κ2) is 8.76. The number of likely N-dealkylation sites (N-methyl/N-ethyl adjacent to an activating group) is 1. The summed E-state index contributed by atoms with van der Waals surface area (Å²) in [6.45, 7) is 5.27. The second-order valence-corrected chi connectivity index (χ2v) is 7.82. The SMILES string of the molecule is CCN(CC(=O)N1CCn2cccc2[C@@H]1c1ccccc1F)C(=O)c1ccc(C)cc1. The van der Waals surface area contributed by atoms with Gasteiger partial charge >= 0.3 is 0 Å². The third-order valence-corrected chi connectivity index (χ3v) is 5.85. The van der Waals surface area contributed by atoms with Gasteiger partial charge in [-0.2, -0.15) is 0 Å². The van der Waals surface area contributed by atoms with Crippen LogP contribution in [0.2, 0.25) is 0 Å². The van der Waals surface area contributed by atoms with E-state index in [0.717, 1.165) is 11.3 Å². The summed E-state index contributed by atoms with van der Waals surface area (Å²) in [6, 6.07) is 17.2. The summed E-state index contributed by atoms with van der Waals surface area (Å²) in [5.41, 5.74) is 2.96. The number of carbonyl (C=O) groups is 2. The standard InChI is InChI=1S/C25H26FN3O2/c1-3-27(25(31)19-12-10-18(2)11-13-19)17-23(30)29-16-15-28-14-6-9-22(28)24(29)20-7-4-5-8-21(20)26/h4-14,24H,3,15-17H2,1-2H3/t24-/m0/s1. The molecule has 0 spiro atoms. The molecule has 4 rings (SSSR count). The van der Waals surface area contributed by atoms with Gasteiger partial charge in [0.2, 0.25) is 5.91 Å². The lowest BCUT2D eigenvalue weighted by molar-refractivity contribution is -0.134. The number of fused-ring (bicyclic) bond motifs is 1. The molecule has 1 aromatic heterocycles. The Labute approximate surface area is 181 Å². The number of benzene rings is 2. The zero-order valence-corrected chi connectivity index (χ0v) is 17.8. The first-order chi connectivity index (χ1) is 15.0. The first kappa shape index (κ1) is 20.8. The van der Waals surface area contributed by atoms with Gasteiger partial charge in [-0.05, 0) is 44.2 Å². The third-order valence-electron chi connectivity index (χ3n) is 5.85. The van der Waals surface area contributed by atoms with Gasteiger partial charge < -0.3 is 14.4 Å². The molecular weight excluding hydrogens is 393 g/mol. The largest absolute Gasteiger partial charge is 0.348 e. The van der Waals surface area contributed by atoms with Crippen molar-refractivity contribution in [1.29, 1.82) is 0 Å². The Balaban J connectivity index is 1.61. The van der Waals surface area contributed by atoms with Crippen LogP contribution in [-0.2, 0) is 11.3 Å². The van der Waals surface area contributed by atoms with Crippen LogP contribution in [-0.4, -0.2) is 45.8 Å². The van der Waals surface area contributed by atoms with Crippen molar-refractivity contribution >= 4 is 11.8 Å². The molecule has 160 valence electrons. The minimum atomic E-state index is -0.523. The highest BCUT2D eigenvalue weighted by atomic mass is 19.1. The lowest BCUT2D eigenvalue weighted by atomic mass is 9.99. The van der Waals surface area contributed by atoms with Gasteiger partial charge in [0.25, 0.3) is 5.91 Å². The van der Waals surface area contributed by atoms with Gasteiger partial charge in [-0.15, -0.1) is 0 Å². The average Bonchev–Trinajstić information content (AvgIpc) is 3.26.